The van der Waals surface area contributed by atoms with E-state index in [2.05, 4.69) is 21.0 Å². The van der Waals surface area contributed by atoms with Crippen molar-refractivity contribution < 1.29 is 9.53 Å². The van der Waals surface area contributed by atoms with Crippen LogP contribution >= 0.6 is 0 Å². The molecule has 0 saturated heterocycles. The van der Waals surface area contributed by atoms with Crippen LogP contribution in [0, 0.1) is 19.3 Å². The van der Waals surface area contributed by atoms with E-state index in [0.29, 0.717) is 17.9 Å². The molecule has 0 atom stereocenters. The van der Waals surface area contributed by atoms with E-state index in [-0.39, 0.29) is 5.91 Å². The van der Waals surface area contributed by atoms with Crippen LogP contribution in [-0.4, -0.2) is 23.8 Å². The fourth-order valence-electron chi connectivity index (χ4n) is 2.90. The van der Waals surface area contributed by atoms with E-state index in [1.165, 1.54) is 0 Å². The van der Waals surface area contributed by atoms with Crippen LogP contribution < -0.4 is 10.2 Å². The number of carbonyl (C=O) groups excluding carboxylic acids is 1. The van der Waals surface area contributed by atoms with E-state index in [1.807, 2.05) is 31.2 Å². The van der Waals surface area contributed by atoms with E-state index in [0.717, 1.165) is 22.2 Å². The zero-order valence-electron chi connectivity index (χ0n) is 14.7. The molecule has 5 nitrogen and oxygen atoms in total. The zero-order valence-corrected chi connectivity index (χ0v) is 14.7. The van der Waals surface area contributed by atoms with Gasteiger partial charge in [-0.2, -0.15) is 5.10 Å². The second-order valence-corrected chi connectivity index (χ2v) is 5.74. The maximum absolute atomic E-state index is 12.2. The lowest BCUT2D eigenvalue weighted by Gasteiger charge is -2.03. The van der Waals surface area contributed by atoms with E-state index < -0.39 is 0 Å². The average molecular weight is 345 g/mol. The van der Waals surface area contributed by atoms with Crippen LogP contribution in [0.4, 0.5) is 0 Å². The van der Waals surface area contributed by atoms with Gasteiger partial charge in [-0.05, 0) is 31.2 Å². The summed E-state index contributed by atoms with van der Waals surface area (Å²) in [5.74, 6) is 2.99. The van der Waals surface area contributed by atoms with Gasteiger partial charge in [-0.15, -0.1) is 6.42 Å². The minimum absolute atomic E-state index is 0.301. The van der Waals surface area contributed by atoms with Crippen molar-refractivity contribution in [1.82, 2.24) is 9.99 Å². The second-order valence-electron chi connectivity index (χ2n) is 5.74. The Labute approximate surface area is 152 Å². The fraction of sp³-hybridized carbons (Fsp3) is 0.143. The number of hydrogen-bond donors (Lipinski definition) is 1. The molecule has 1 aromatic heterocycles. The van der Waals surface area contributed by atoms with Crippen molar-refractivity contribution in [2.45, 2.75) is 13.5 Å². The number of nitrogens with one attached hydrogen (secondary N) is 1. The largest absolute Gasteiger partial charge is 0.497 e. The number of methoxy groups -OCH3 is 1. The first-order valence-electron chi connectivity index (χ1n) is 8.14. The lowest BCUT2D eigenvalue weighted by molar-refractivity contribution is 0.0955. The van der Waals surface area contributed by atoms with Gasteiger partial charge in [-0.1, -0.05) is 30.2 Å². The molecule has 1 amide bonds. The molecule has 3 aromatic rings. The summed E-state index contributed by atoms with van der Waals surface area (Å²) in [5, 5.41) is 5.17. The van der Waals surface area contributed by atoms with Gasteiger partial charge in [0.15, 0.2) is 0 Å². The van der Waals surface area contributed by atoms with Crippen LogP contribution in [-0.2, 0) is 6.54 Å². The van der Waals surface area contributed by atoms with Gasteiger partial charge in [0, 0.05) is 27.7 Å². The van der Waals surface area contributed by atoms with Crippen LogP contribution in [0.25, 0.3) is 10.9 Å². The van der Waals surface area contributed by atoms with Crippen molar-refractivity contribution in [2.75, 3.05) is 7.11 Å². The Balaban J connectivity index is 1.86. The first-order valence-corrected chi connectivity index (χ1v) is 8.14. The predicted octanol–water partition coefficient (Wildman–Crippen LogP) is 3.36. The molecule has 130 valence electrons. The summed E-state index contributed by atoms with van der Waals surface area (Å²) >= 11 is 0. The van der Waals surface area contributed by atoms with Crippen molar-refractivity contribution in [3.63, 3.8) is 0 Å². The lowest BCUT2D eigenvalue weighted by Crippen LogP contribution is -2.17. The highest BCUT2D eigenvalue weighted by Crippen LogP contribution is 2.24. The zero-order chi connectivity index (χ0) is 18.5. The number of fused-ring (bicyclic) bond motifs is 1. The van der Waals surface area contributed by atoms with Crippen LogP contribution in [0.3, 0.4) is 0 Å². The molecule has 0 radical (unpaired) electrons. The Morgan fingerprint density at radius 1 is 1.31 bits per heavy atom. The quantitative estimate of drug-likeness (QED) is 0.438. The normalized spacial score (nSPS) is 10.8. The highest BCUT2D eigenvalue weighted by atomic mass is 16.5. The number of rotatable bonds is 5. The van der Waals surface area contributed by atoms with Crippen molar-refractivity contribution in [2.24, 2.45) is 5.10 Å². The lowest BCUT2D eigenvalue weighted by atomic mass is 10.1. The summed E-state index contributed by atoms with van der Waals surface area (Å²) in [4.78, 5) is 12.2. The third-order valence-corrected chi connectivity index (χ3v) is 4.22. The molecule has 0 saturated carbocycles. The van der Waals surface area contributed by atoms with Crippen molar-refractivity contribution in [3.8, 4) is 18.1 Å². The van der Waals surface area contributed by atoms with E-state index >= 15 is 0 Å². The molecule has 0 spiro atoms. The Hall–Kier alpha value is -3.52. The summed E-state index contributed by atoms with van der Waals surface area (Å²) in [6.45, 7) is 2.47. The van der Waals surface area contributed by atoms with Gasteiger partial charge >= 0.3 is 0 Å². The smallest absolute Gasteiger partial charge is 0.271 e. The summed E-state index contributed by atoms with van der Waals surface area (Å²) in [6.07, 6.45) is 7.14. The average Bonchev–Trinajstić information content (AvgIpc) is 2.94. The fourth-order valence-corrected chi connectivity index (χ4v) is 2.90. The van der Waals surface area contributed by atoms with Crippen molar-refractivity contribution >= 4 is 23.0 Å². The molecule has 1 heterocycles. The number of aromatic nitrogens is 1. The second kappa shape index (κ2) is 7.58. The minimum Gasteiger partial charge on any atom is -0.497 e. The molecule has 0 aliphatic carbocycles. The Kier molecular flexibility index (Phi) is 5.04. The summed E-state index contributed by atoms with van der Waals surface area (Å²) in [6, 6.07) is 14.9. The highest BCUT2D eigenvalue weighted by molar-refractivity contribution is 6.02. The third kappa shape index (κ3) is 3.31. The summed E-state index contributed by atoms with van der Waals surface area (Å²) in [5.41, 5.74) is 6.02. The summed E-state index contributed by atoms with van der Waals surface area (Å²) in [7, 11) is 1.56. The van der Waals surface area contributed by atoms with E-state index in [4.69, 9.17) is 11.2 Å². The SMILES string of the molecule is C#CCn1c(C)c(/C=N/NC(=O)c2cccc(OC)c2)c2ccccc21. The van der Waals surface area contributed by atoms with Gasteiger partial charge < -0.3 is 9.30 Å². The number of nitrogens with zero attached hydrogens (tertiary/aromatic N) is 2. The molecule has 0 aliphatic heterocycles. The van der Waals surface area contributed by atoms with E-state index in [9.17, 15) is 4.79 Å². The number of hydrogen-bond acceptors (Lipinski definition) is 3. The van der Waals surface area contributed by atoms with Gasteiger partial charge in [-0.3, -0.25) is 4.79 Å². The van der Waals surface area contributed by atoms with Crippen LogP contribution in [0.15, 0.2) is 53.6 Å². The highest BCUT2D eigenvalue weighted by Gasteiger charge is 2.12. The predicted molar refractivity (Wildman–Crippen MR) is 104 cm³/mol. The van der Waals surface area contributed by atoms with Crippen LogP contribution in [0.1, 0.15) is 21.6 Å². The summed E-state index contributed by atoms with van der Waals surface area (Å²) < 4.78 is 7.19. The molecular formula is C21H19N3O2. The number of terminal acetylenes is 1. The maximum Gasteiger partial charge on any atom is 0.271 e. The van der Waals surface area contributed by atoms with Gasteiger partial charge in [-0.25, -0.2) is 5.43 Å². The number of benzene rings is 2. The molecule has 2 aromatic carbocycles. The van der Waals surface area contributed by atoms with Crippen LogP contribution in [0.5, 0.6) is 5.75 Å². The van der Waals surface area contributed by atoms with E-state index in [1.54, 1.807) is 37.6 Å². The molecule has 26 heavy (non-hydrogen) atoms. The van der Waals surface area contributed by atoms with Gasteiger partial charge in [0.1, 0.15) is 5.75 Å². The molecule has 0 aliphatic rings. The Bertz CT molecular complexity index is 1030. The van der Waals surface area contributed by atoms with Gasteiger partial charge in [0.05, 0.1) is 19.9 Å². The monoisotopic (exact) mass is 345 g/mol. The number of amides is 1. The Morgan fingerprint density at radius 3 is 2.88 bits per heavy atom. The van der Waals surface area contributed by atoms with Gasteiger partial charge in [0.25, 0.3) is 5.91 Å². The van der Waals surface area contributed by atoms with Crippen molar-refractivity contribution in [1.29, 1.82) is 0 Å². The molecular weight excluding hydrogens is 326 g/mol. The standard InChI is InChI=1S/C21H19N3O2/c1-4-12-24-15(2)19(18-10-5-6-11-20(18)24)14-22-23-21(25)16-8-7-9-17(13-16)26-3/h1,5-11,13-14H,12H2,2-3H3,(H,23,25)/b22-14+. The Morgan fingerprint density at radius 2 is 2.12 bits per heavy atom. The molecule has 0 unspecified atom stereocenters. The number of hydrazone groups is 1. The molecule has 3 rings (SSSR count). The molecule has 5 heteroatoms. The number of carbonyl (C=O) groups is 1. The molecule has 0 fully saturated rings. The van der Waals surface area contributed by atoms with Crippen LogP contribution in [0.2, 0.25) is 0 Å². The minimum atomic E-state index is -0.301. The molecule has 0 bridgehead atoms. The topological polar surface area (TPSA) is 55.6 Å². The third-order valence-electron chi connectivity index (χ3n) is 4.22. The maximum atomic E-state index is 12.2. The molecule has 1 N–H and O–H groups in total. The number of para-hydroxylation sites is 1. The first kappa shape index (κ1) is 17.3. The first-order chi connectivity index (χ1) is 12.7. The van der Waals surface area contributed by atoms with Gasteiger partial charge in [0.2, 0.25) is 0 Å². The number of ether oxygens (including phenoxy) is 1. The van der Waals surface area contributed by atoms with Crippen molar-refractivity contribution in [3.05, 3.63) is 65.4 Å².